The highest BCUT2D eigenvalue weighted by Gasteiger charge is 2.24. The van der Waals surface area contributed by atoms with Crippen molar-refractivity contribution >= 4 is 46.5 Å². The van der Waals surface area contributed by atoms with Crippen LogP contribution in [0.25, 0.3) is 0 Å². The number of piperidine rings is 2. The summed E-state index contributed by atoms with van der Waals surface area (Å²) in [7, 11) is 4.03. The Balaban J connectivity index is 0.000000537. The summed E-state index contributed by atoms with van der Waals surface area (Å²) in [6.07, 6.45) is 16.4. The van der Waals surface area contributed by atoms with Gasteiger partial charge in [0.25, 0.3) is 0 Å². The molecule has 0 unspecified atom stereocenters. The number of nitrogen functional groups attached to an aromatic ring is 1. The molecule has 4 N–H and O–H groups in total. The number of nitrogens with two attached hydrogens (primary N) is 1. The van der Waals surface area contributed by atoms with Gasteiger partial charge >= 0.3 is 5.97 Å². The zero-order chi connectivity index (χ0) is 29.5. The summed E-state index contributed by atoms with van der Waals surface area (Å²) in [6.45, 7) is 3.71. The lowest BCUT2D eigenvalue weighted by Crippen LogP contribution is -2.38. The van der Waals surface area contributed by atoms with Gasteiger partial charge in [-0.3, -0.25) is 19.6 Å². The van der Waals surface area contributed by atoms with E-state index in [0.29, 0.717) is 5.69 Å². The van der Waals surface area contributed by atoms with E-state index in [1.54, 1.807) is 36.9 Å². The van der Waals surface area contributed by atoms with Gasteiger partial charge in [-0.1, -0.05) is 0 Å². The molecule has 1 amide bonds. The molecule has 0 aliphatic carbocycles. The first-order valence-corrected chi connectivity index (χ1v) is 13.2. The average Bonchev–Trinajstić information content (AvgIpc) is 2.91. The maximum Gasteiger partial charge on any atom is 0.307 e. The molecule has 4 rings (SSSR count). The molecule has 2 aliphatic rings. The number of hydrogen-bond acceptors (Lipinski definition) is 7. The third-order valence-electron chi connectivity index (χ3n) is 5.58. The highest BCUT2D eigenvalue weighted by atomic mass is 35.5. The zero-order valence-corrected chi connectivity index (χ0v) is 23.6. The molecule has 4 heterocycles. The third-order valence-corrected chi connectivity index (χ3v) is 5.58. The molecule has 0 spiro atoms. The summed E-state index contributed by atoms with van der Waals surface area (Å²) in [5.41, 5.74) is 6.78. The molecule has 210 valence electrons. The van der Waals surface area contributed by atoms with Crippen molar-refractivity contribution in [2.45, 2.75) is 25.7 Å². The van der Waals surface area contributed by atoms with Crippen LogP contribution in [0.4, 0.5) is 11.4 Å². The molecule has 2 aromatic rings. The number of carbonyl (C=O) groups is 2. The predicted octanol–water partition coefficient (Wildman–Crippen LogP) is 4.11. The largest absolute Gasteiger partial charge is 0.481 e. The minimum atomic E-state index is -0.647. The Morgan fingerprint density at radius 1 is 1.08 bits per heavy atom. The van der Waals surface area contributed by atoms with Gasteiger partial charge < -0.3 is 26.0 Å². The van der Waals surface area contributed by atoms with Crippen molar-refractivity contribution in [3.63, 3.8) is 0 Å². The Morgan fingerprint density at radius 2 is 1.58 bits per heavy atom. The molecule has 2 fully saturated rings. The highest BCUT2D eigenvalue weighted by Crippen LogP contribution is 2.17. The molecule has 0 saturated carbocycles. The van der Waals surface area contributed by atoms with E-state index >= 15 is 0 Å². The number of nitrogens with one attached hydrogen (secondary N) is 1. The number of amides is 1. The first kappa shape index (κ1) is 33.1. The Labute approximate surface area is 238 Å². The Bertz CT molecular complexity index is 954. The van der Waals surface area contributed by atoms with Crippen LogP contribution in [0.1, 0.15) is 27.1 Å². The van der Waals surface area contributed by atoms with Crippen LogP contribution in [0.15, 0.2) is 49.1 Å². The molecule has 9 nitrogen and oxygen atoms in total. The number of terminal acetylenes is 1. The van der Waals surface area contributed by atoms with Gasteiger partial charge in [-0.25, -0.2) is 0 Å². The van der Waals surface area contributed by atoms with E-state index in [0.717, 1.165) is 57.5 Å². The summed E-state index contributed by atoms with van der Waals surface area (Å²) >= 11 is 9.53. The van der Waals surface area contributed by atoms with Crippen LogP contribution in [0, 0.1) is 24.7 Å². The second-order valence-corrected chi connectivity index (χ2v) is 9.47. The molecular formula is C27H40Cl2N6O3. The van der Waals surface area contributed by atoms with Crippen molar-refractivity contribution in [2.24, 2.45) is 11.8 Å². The number of anilines is 2. The summed E-state index contributed by atoms with van der Waals surface area (Å²) in [4.78, 5) is 34.4. The number of aromatic nitrogens is 2. The van der Waals surface area contributed by atoms with E-state index in [2.05, 4.69) is 38.6 Å². The van der Waals surface area contributed by atoms with Crippen LogP contribution in [0.5, 0.6) is 0 Å². The standard InChI is InChI=1S/C12H17N3O.C7H13NO2.C5H6N2.C2H2.CH2Cl2/c1-15-7-3-4-10(9-15)12(16)14-11-5-2-6-13-8-11;1-8-4-2-3-6(5-8)7(9)10;6-5-2-1-3-7-4-5;1-2;2-1-3/h2,5-6,8,10H,3-4,7,9H2,1H3,(H,14,16);6H,2-5H2,1H3,(H,9,10);1-4H,6H2;1-2H;1H2/t10-;6-;;;/m11.../s1/i;;;1D;. The molecule has 0 aromatic carbocycles. The van der Waals surface area contributed by atoms with Gasteiger partial charge in [-0.05, 0) is 77.1 Å². The molecule has 11 heteroatoms. The van der Waals surface area contributed by atoms with E-state index in [9.17, 15) is 9.59 Å². The van der Waals surface area contributed by atoms with Crippen LogP contribution in [0.2, 0.25) is 0 Å². The normalized spacial score (nSPS) is 18.9. The van der Waals surface area contributed by atoms with Gasteiger partial charge in [0.05, 0.1) is 34.7 Å². The SMILES string of the molecule is CN1CCC[C@@H](C(=O)Nc2cccnc2)C1.CN1CCC[C@@H](C(=O)O)C1.ClCCl.Nc1cccnc1.[2H]C#C. The van der Waals surface area contributed by atoms with Crippen molar-refractivity contribution in [1.29, 1.82) is 0 Å². The number of nitrogens with zero attached hydrogens (tertiary/aromatic N) is 4. The second-order valence-electron chi connectivity index (χ2n) is 8.66. The second kappa shape index (κ2) is 22.1. The van der Waals surface area contributed by atoms with Crippen LogP contribution >= 0.6 is 23.2 Å². The van der Waals surface area contributed by atoms with Crippen molar-refractivity contribution in [3.8, 4) is 12.8 Å². The number of carboxylic acid groups (broad SMARTS) is 1. The van der Waals surface area contributed by atoms with Gasteiger partial charge in [0.2, 0.25) is 5.91 Å². The number of alkyl halides is 2. The quantitative estimate of drug-likeness (QED) is 0.373. The van der Waals surface area contributed by atoms with Crippen molar-refractivity contribution in [3.05, 3.63) is 49.1 Å². The molecule has 38 heavy (non-hydrogen) atoms. The summed E-state index contributed by atoms with van der Waals surface area (Å²) in [6, 6.07) is 7.28. The smallest absolute Gasteiger partial charge is 0.307 e. The number of aliphatic carboxylic acids is 1. The zero-order valence-electron chi connectivity index (χ0n) is 23.1. The fraction of sp³-hybridized carbons (Fsp3) is 0.481. The van der Waals surface area contributed by atoms with Crippen LogP contribution in [-0.2, 0) is 9.59 Å². The van der Waals surface area contributed by atoms with E-state index in [1.165, 1.54) is 6.40 Å². The molecule has 0 bridgehead atoms. The van der Waals surface area contributed by atoms with Crippen LogP contribution in [-0.4, -0.2) is 82.4 Å². The van der Waals surface area contributed by atoms with Crippen molar-refractivity contribution < 1.29 is 16.1 Å². The lowest BCUT2D eigenvalue weighted by atomic mass is 9.97. The first-order chi connectivity index (χ1) is 18.7. The maximum atomic E-state index is 11.9. The number of carbonyl (C=O) groups excluding carboxylic acids is 1. The van der Waals surface area contributed by atoms with E-state index in [1.807, 2.05) is 19.2 Å². The third kappa shape index (κ3) is 16.8. The monoisotopic (exact) mass is 567 g/mol. The van der Waals surface area contributed by atoms with E-state index in [4.69, 9.17) is 35.4 Å². The van der Waals surface area contributed by atoms with Gasteiger partial charge in [0, 0.05) is 31.7 Å². The summed E-state index contributed by atoms with van der Waals surface area (Å²) < 4.78 is 5.74. The molecule has 2 aliphatic heterocycles. The molecule has 2 aromatic heterocycles. The molecule has 2 atom stereocenters. The number of hydrogen-bond donors (Lipinski definition) is 3. The minimum absolute atomic E-state index is 0.110. The van der Waals surface area contributed by atoms with Crippen molar-refractivity contribution in [1.82, 2.24) is 19.8 Å². The minimum Gasteiger partial charge on any atom is -0.481 e. The maximum absolute atomic E-state index is 11.9. The fourth-order valence-corrected chi connectivity index (χ4v) is 3.81. The fourth-order valence-electron chi connectivity index (χ4n) is 3.81. The number of halogens is 2. The number of rotatable bonds is 3. The first-order valence-electron chi connectivity index (χ1n) is 12.6. The van der Waals surface area contributed by atoms with Gasteiger partial charge in [-0.15, -0.1) is 36.0 Å². The lowest BCUT2D eigenvalue weighted by molar-refractivity contribution is -0.143. The topological polar surface area (TPSA) is 125 Å². The number of likely N-dealkylation sites (tertiary alicyclic amines) is 2. The Kier molecular flexibility index (Phi) is 19.3. The molecule has 0 radical (unpaired) electrons. The number of pyridine rings is 2. The molecule has 2 saturated heterocycles. The predicted molar refractivity (Wildman–Crippen MR) is 156 cm³/mol. The molecular weight excluding hydrogens is 527 g/mol. The number of carboxylic acids is 1. The van der Waals surface area contributed by atoms with Gasteiger partial charge in [0.1, 0.15) is 1.37 Å². The van der Waals surface area contributed by atoms with Crippen molar-refractivity contribution in [2.75, 3.05) is 56.7 Å². The average molecular weight is 569 g/mol. The summed E-state index contributed by atoms with van der Waals surface area (Å²) in [5.74, 6) is -0.552. The lowest BCUT2D eigenvalue weighted by Gasteiger charge is -2.28. The Morgan fingerprint density at radius 3 is 1.95 bits per heavy atom. The highest BCUT2D eigenvalue weighted by molar-refractivity contribution is 6.40. The van der Waals surface area contributed by atoms with E-state index < -0.39 is 5.97 Å². The van der Waals surface area contributed by atoms with Crippen LogP contribution < -0.4 is 11.1 Å². The van der Waals surface area contributed by atoms with Gasteiger partial charge in [0.15, 0.2) is 0 Å². The Hall–Kier alpha value is -2.90. The van der Waals surface area contributed by atoms with E-state index in [-0.39, 0.29) is 23.1 Å². The summed E-state index contributed by atoms with van der Waals surface area (Å²) in [5, 5.41) is 11.7. The van der Waals surface area contributed by atoms with Crippen LogP contribution in [0.3, 0.4) is 0 Å². The van der Waals surface area contributed by atoms with Gasteiger partial charge in [-0.2, -0.15) is 0 Å².